The third-order valence-corrected chi connectivity index (χ3v) is 8.82. The molecule has 3 heterocycles. The van der Waals surface area contributed by atoms with Crippen LogP contribution in [0, 0.1) is 26.0 Å². The smallest absolute Gasteiger partial charge is 0.509 e. The standard InChI is InChI=1S/C42H40N4O.Pt/c1-5-7-12-31-22-30(4)23-32(13-8-6-2)42(31)33-27-44-45(28-33)34-14-11-15-35(25-34)47-36-18-19-38-37-16-9-10-17-39(37)46(40(38)26-36)41-24-29(3)20-21-43-41;/h9-11,14-24,27-28H,5-8,12-13H2,1-4H3;/q-2;+2. The second-order valence-corrected chi connectivity index (χ2v) is 12.5. The van der Waals surface area contributed by atoms with Crippen molar-refractivity contribution in [2.75, 3.05) is 0 Å². The summed E-state index contributed by atoms with van der Waals surface area (Å²) in [5, 5.41) is 7.06. The largest absolute Gasteiger partial charge is 2.00 e. The molecule has 3 aromatic heterocycles. The van der Waals surface area contributed by atoms with Crippen LogP contribution in [-0.4, -0.2) is 19.3 Å². The molecule has 0 saturated carbocycles. The minimum absolute atomic E-state index is 0. The molecule has 7 aromatic rings. The Morgan fingerprint density at radius 2 is 1.50 bits per heavy atom. The Balaban J connectivity index is 0.00000401. The zero-order valence-corrected chi connectivity index (χ0v) is 30.3. The van der Waals surface area contributed by atoms with Crippen LogP contribution < -0.4 is 4.74 Å². The van der Waals surface area contributed by atoms with Gasteiger partial charge in [-0.05, 0) is 91.1 Å². The van der Waals surface area contributed by atoms with Gasteiger partial charge in [0.2, 0.25) is 0 Å². The summed E-state index contributed by atoms with van der Waals surface area (Å²) in [6, 6.07) is 34.2. The maximum Gasteiger partial charge on any atom is 2.00 e. The van der Waals surface area contributed by atoms with Gasteiger partial charge in [0.15, 0.2) is 0 Å². The Kier molecular flexibility index (Phi) is 10.3. The van der Waals surface area contributed by atoms with Crippen molar-refractivity contribution >= 4 is 21.8 Å². The summed E-state index contributed by atoms with van der Waals surface area (Å²) in [5.74, 6) is 2.08. The maximum absolute atomic E-state index is 6.40. The Morgan fingerprint density at radius 3 is 2.25 bits per heavy atom. The molecular formula is C42H40N4OPt. The van der Waals surface area contributed by atoms with Crippen molar-refractivity contribution < 1.29 is 25.8 Å². The monoisotopic (exact) mass is 811 g/mol. The Bertz CT molecular complexity index is 2170. The first-order chi connectivity index (χ1) is 23.0. The predicted molar refractivity (Wildman–Crippen MR) is 192 cm³/mol. The molecule has 0 fully saturated rings. The van der Waals surface area contributed by atoms with Crippen LogP contribution in [0.4, 0.5) is 0 Å². The summed E-state index contributed by atoms with van der Waals surface area (Å²) in [6.45, 7) is 8.81. The van der Waals surface area contributed by atoms with Crippen LogP contribution in [0.1, 0.15) is 61.8 Å². The molecule has 0 aliphatic carbocycles. The number of nitrogens with zero attached hydrogens (tertiary/aromatic N) is 4. The summed E-state index contributed by atoms with van der Waals surface area (Å²) in [7, 11) is 0. The average molecular weight is 812 g/mol. The van der Waals surface area contributed by atoms with Crippen LogP contribution in [0.3, 0.4) is 0 Å². The van der Waals surface area contributed by atoms with Crippen LogP contribution in [-0.2, 0) is 33.9 Å². The van der Waals surface area contributed by atoms with E-state index >= 15 is 0 Å². The van der Waals surface area contributed by atoms with Gasteiger partial charge in [0.05, 0.1) is 6.20 Å². The van der Waals surface area contributed by atoms with Crippen LogP contribution >= 0.6 is 0 Å². The van der Waals surface area contributed by atoms with E-state index in [-0.39, 0.29) is 21.1 Å². The summed E-state index contributed by atoms with van der Waals surface area (Å²) >= 11 is 0. The van der Waals surface area contributed by atoms with Crippen molar-refractivity contribution in [1.82, 2.24) is 19.3 Å². The molecule has 0 amide bonds. The van der Waals surface area contributed by atoms with Crippen LogP contribution in [0.5, 0.6) is 11.5 Å². The van der Waals surface area contributed by atoms with E-state index in [1.807, 2.05) is 47.4 Å². The number of fused-ring (bicyclic) bond motifs is 3. The number of para-hydroxylation sites is 1. The summed E-state index contributed by atoms with van der Waals surface area (Å²) < 4.78 is 10.5. The molecule has 0 N–H and O–H groups in total. The zero-order chi connectivity index (χ0) is 32.3. The molecule has 6 heteroatoms. The molecule has 0 aliphatic rings. The van der Waals surface area contributed by atoms with E-state index in [9.17, 15) is 0 Å². The fourth-order valence-electron chi connectivity index (χ4n) is 6.59. The third kappa shape index (κ3) is 6.75. The van der Waals surface area contributed by atoms with Crippen LogP contribution in [0.15, 0.2) is 97.5 Å². The van der Waals surface area contributed by atoms with Gasteiger partial charge in [-0.3, -0.25) is 4.68 Å². The molecule has 0 unspecified atom stereocenters. The molecule has 0 atom stereocenters. The minimum atomic E-state index is 0. The number of pyridine rings is 1. The van der Waals surface area contributed by atoms with Gasteiger partial charge >= 0.3 is 21.1 Å². The molecule has 0 radical (unpaired) electrons. The number of hydrogen-bond acceptors (Lipinski definition) is 3. The average Bonchev–Trinajstić information content (AvgIpc) is 3.69. The van der Waals surface area contributed by atoms with E-state index in [1.165, 1.54) is 47.9 Å². The Morgan fingerprint density at radius 1 is 0.750 bits per heavy atom. The molecule has 48 heavy (non-hydrogen) atoms. The van der Waals surface area contributed by atoms with E-state index in [2.05, 4.69) is 99.1 Å². The quantitative estimate of drug-likeness (QED) is 0.122. The summed E-state index contributed by atoms with van der Waals surface area (Å²) in [5.41, 5.74) is 10.7. The van der Waals surface area contributed by atoms with Crippen molar-refractivity contribution in [3.8, 4) is 34.1 Å². The Hall–Kier alpha value is -4.47. The molecule has 7 rings (SSSR count). The molecule has 0 spiro atoms. The normalized spacial score (nSPS) is 11.2. The second-order valence-electron chi connectivity index (χ2n) is 12.5. The first-order valence-electron chi connectivity index (χ1n) is 16.8. The number of unbranched alkanes of at least 4 members (excludes halogenated alkanes) is 2. The van der Waals surface area contributed by atoms with Gasteiger partial charge in [0.1, 0.15) is 5.82 Å². The van der Waals surface area contributed by atoms with Crippen molar-refractivity contribution in [3.63, 3.8) is 0 Å². The van der Waals surface area contributed by atoms with Gasteiger partial charge in [-0.25, -0.2) is 4.98 Å². The molecule has 0 aliphatic heterocycles. The summed E-state index contributed by atoms with van der Waals surface area (Å²) in [6.07, 6.45) is 12.8. The molecule has 244 valence electrons. The number of rotatable bonds is 11. The van der Waals surface area contributed by atoms with Crippen LogP contribution in [0.2, 0.25) is 0 Å². The minimum Gasteiger partial charge on any atom is -0.509 e. The molecule has 4 aromatic carbocycles. The number of ether oxygens (including phenoxy) is 1. The molecular weight excluding hydrogens is 772 g/mol. The number of hydrogen-bond donors (Lipinski definition) is 0. The van der Waals surface area contributed by atoms with Gasteiger partial charge in [0, 0.05) is 35.0 Å². The van der Waals surface area contributed by atoms with Crippen LogP contribution in [0.25, 0.3) is 44.4 Å². The molecule has 0 saturated heterocycles. The van der Waals surface area contributed by atoms with Gasteiger partial charge in [-0.1, -0.05) is 68.1 Å². The van der Waals surface area contributed by atoms with Crippen molar-refractivity contribution in [2.24, 2.45) is 0 Å². The van der Waals surface area contributed by atoms with Crippen molar-refractivity contribution in [2.45, 2.75) is 66.2 Å². The van der Waals surface area contributed by atoms with E-state index in [0.29, 0.717) is 11.5 Å². The Labute approximate surface area is 297 Å². The van der Waals surface area contributed by atoms with Gasteiger partial charge in [-0.2, -0.15) is 17.2 Å². The third-order valence-electron chi connectivity index (χ3n) is 8.82. The maximum atomic E-state index is 6.40. The number of aromatic nitrogens is 4. The zero-order valence-electron chi connectivity index (χ0n) is 28.0. The van der Waals surface area contributed by atoms with Crippen molar-refractivity contribution in [3.05, 3.63) is 132 Å². The predicted octanol–water partition coefficient (Wildman–Crippen LogP) is 10.7. The SMILES string of the molecule is CCCCc1cc(C)cc(CCCC)c1-c1cnn(-c2[c-]c(Oc3[c-]c4c(cc3)c3ccccc3n4-c3cc(C)ccn3)ccc2)c1.[Pt+2]. The van der Waals surface area contributed by atoms with E-state index in [0.717, 1.165) is 57.3 Å². The van der Waals surface area contributed by atoms with E-state index in [1.54, 1.807) is 0 Å². The second kappa shape index (κ2) is 14.7. The summed E-state index contributed by atoms with van der Waals surface area (Å²) in [4.78, 5) is 4.70. The molecule has 0 bridgehead atoms. The number of benzene rings is 4. The molecule has 5 nitrogen and oxygen atoms in total. The van der Waals surface area contributed by atoms with Gasteiger partial charge in [-0.15, -0.1) is 35.7 Å². The first-order valence-corrected chi connectivity index (χ1v) is 16.8. The number of aryl methyl sites for hydroxylation is 4. The van der Waals surface area contributed by atoms with E-state index < -0.39 is 0 Å². The fourth-order valence-corrected chi connectivity index (χ4v) is 6.59. The van der Waals surface area contributed by atoms with E-state index in [4.69, 9.17) is 14.8 Å². The topological polar surface area (TPSA) is 44.9 Å². The fraction of sp³-hybridized carbons (Fsp3) is 0.238. The van der Waals surface area contributed by atoms with Crippen molar-refractivity contribution in [1.29, 1.82) is 0 Å². The first kappa shape index (κ1) is 33.4. The van der Waals surface area contributed by atoms with Gasteiger partial charge < -0.3 is 9.30 Å². The van der Waals surface area contributed by atoms with Gasteiger partial charge in [0.25, 0.3) is 0 Å².